The number of hydrogen-bond donors (Lipinski definition) is 0. The van der Waals surface area contributed by atoms with Crippen molar-refractivity contribution in [1.82, 2.24) is 9.55 Å². The fraction of sp³-hybridized carbons (Fsp3) is 0. The molecule has 0 unspecified atom stereocenters. The second-order valence-electron chi connectivity index (χ2n) is 13.5. The van der Waals surface area contributed by atoms with Crippen LogP contribution >= 0.6 is 11.3 Å². The van der Waals surface area contributed by atoms with Crippen LogP contribution in [0.25, 0.3) is 103 Å². The van der Waals surface area contributed by atoms with E-state index in [1.165, 1.54) is 86.1 Å². The number of pyridine rings is 1. The third-order valence-corrected chi connectivity index (χ3v) is 11.8. The Balaban J connectivity index is 1.11. The molecule has 11 aromatic rings. The summed E-state index contributed by atoms with van der Waals surface area (Å²) in [7, 11) is 0. The molecule has 2 nitrogen and oxygen atoms in total. The molecule has 3 heteroatoms. The average Bonchev–Trinajstić information content (AvgIpc) is 3.77. The third-order valence-electron chi connectivity index (χ3n) is 10.6. The van der Waals surface area contributed by atoms with Gasteiger partial charge in [0, 0.05) is 58.4 Å². The van der Waals surface area contributed by atoms with E-state index in [0.29, 0.717) is 0 Å². The van der Waals surface area contributed by atoms with Crippen molar-refractivity contribution in [2.75, 3.05) is 0 Å². The first-order chi connectivity index (χ1) is 25.8. The SMILES string of the molecule is c1ccc(-c2nc3ccccc3c3c2ccc2sc4c(-c5cccc(-c6ccc7c8ccccc8n(-c8ccccc8)c7c6)c5)cccc4c23)cc1. The van der Waals surface area contributed by atoms with Gasteiger partial charge < -0.3 is 4.57 Å². The molecule has 0 spiro atoms. The zero-order chi connectivity index (χ0) is 34.2. The van der Waals surface area contributed by atoms with Gasteiger partial charge in [0.15, 0.2) is 0 Å². The Morgan fingerprint density at radius 3 is 1.94 bits per heavy atom. The maximum Gasteiger partial charge on any atom is 0.0788 e. The smallest absolute Gasteiger partial charge is 0.0788 e. The number of hydrogen-bond acceptors (Lipinski definition) is 2. The number of benzene rings is 8. The minimum absolute atomic E-state index is 1.02. The summed E-state index contributed by atoms with van der Waals surface area (Å²) in [6.45, 7) is 0. The summed E-state index contributed by atoms with van der Waals surface area (Å²) in [5, 5.41) is 8.79. The molecule has 242 valence electrons. The van der Waals surface area contributed by atoms with E-state index in [1.54, 1.807) is 0 Å². The van der Waals surface area contributed by atoms with Crippen molar-refractivity contribution in [1.29, 1.82) is 0 Å². The van der Waals surface area contributed by atoms with Gasteiger partial charge in [-0.1, -0.05) is 140 Å². The van der Waals surface area contributed by atoms with Crippen LogP contribution in [0.15, 0.2) is 182 Å². The quantitative estimate of drug-likeness (QED) is 0.169. The molecule has 0 amide bonds. The normalized spacial score (nSPS) is 11.8. The first-order valence-electron chi connectivity index (χ1n) is 17.7. The zero-order valence-electron chi connectivity index (χ0n) is 28.1. The number of aromatic nitrogens is 2. The van der Waals surface area contributed by atoms with E-state index < -0.39 is 0 Å². The maximum atomic E-state index is 5.20. The van der Waals surface area contributed by atoms with Gasteiger partial charge in [-0.25, -0.2) is 4.98 Å². The van der Waals surface area contributed by atoms with Gasteiger partial charge >= 0.3 is 0 Å². The predicted molar refractivity (Wildman–Crippen MR) is 223 cm³/mol. The Morgan fingerprint density at radius 2 is 1.06 bits per heavy atom. The van der Waals surface area contributed by atoms with Crippen LogP contribution in [0, 0.1) is 0 Å². The molecular formula is C49H30N2S. The Labute approximate surface area is 304 Å². The molecule has 0 aliphatic rings. The van der Waals surface area contributed by atoms with Crippen molar-refractivity contribution in [3.63, 3.8) is 0 Å². The lowest BCUT2D eigenvalue weighted by Gasteiger charge is -2.12. The molecule has 0 saturated carbocycles. The molecule has 3 aromatic heterocycles. The molecule has 52 heavy (non-hydrogen) atoms. The Bertz CT molecular complexity index is 3170. The van der Waals surface area contributed by atoms with Gasteiger partial charge in [-0.3, -0.25) is 0 Å². The van der Waals surface area contributed by atoms with Crippen LogP contribution in [-0.2, 0) is 0 Å². The highest BCUT2D eigenvalue weighted by atomic mass is 32.1. The highest BCUT2D eigenvalue weighted by molar-refractivity contribution is 7.26. The number of thiophene rings is 1. The van der Waals surface area contributed by atoms with E-state index in [4.69, 9.17) is 4.98 Å². The highest BCUT2D eigenvalue weighted by Gasteiger charge is 2.19. The lowest BCUT2D eigenvalue weighted by Crippen LogP contribution is -1.93. The van der Waals surface area contributed by atoms with Gasteiger partial charge in [0.25, 0.3) is 0 Å². The van der Waals surface area contributed by atoms with Crippen LogP contribution in [0.5, 0.6) is 0 Å². The van der Waals surface area contributed by atoms with Crippen LogP contribution < -0.4 is 0 Å². The fourth-order valence-corrected chi connectivity index (χ4v) is 9.49. The summed E-state index contributed by atoms with van der Waals surface area (Å²) in [4.78, 5) is 5.20. The van der Waals surface area contributed by atoms with Crippen LogP contribution in [-0.4, -0.2) is 9.55 Å². The average molecular weight is 679 g/mol. The second-order valence-corrected chi connectivity index (χ2v) is 14.5. The van der Waals surface area contributed by atoms with Gasteiger partial charge in [-0.2, -0.15) is 0 Å². The standard InChI is InChI=1S/C49H30N2S/c1-3-13-31(14-4-1)48-40-27-28-45-47(46(40)39-20-7-9-23-42(39)50-48)41-22-12-21-36(49(41)52-45)34-16-11-15-32(29-34)33-25-26-38-37-19-8-10-24-43(37)51(44(38)30-33)35-17-5-2-6-18-35/h1-30H. The molecule has 0 aliphatic heterocycles. The van der Waals surface area contributed by atoms with E-state index in [2.05, 4.69) is 187 Å². The van der Waals surface area contributed by atoms with E-state index in [0.717, 1.165) is 16.8 Å². The van der Waals surface area contributed by atoms with Gasteiger partial charge in [-0.15, -0.1) is 11.3 Å². The molecule has 8 aromatic carbocycles. The molecule has 0 N–H and O–H groups in total. The highest BCUT2D eigenvalue weighted by Crippen LogP contribution is 2.46. The van der Waals surface area contributed by atoms with E-state index >= 15 is 0 Å². The minimum Gasteiger partial charge on any atom is -0.309 e. The van der Waals surface area contributed by atoms with Crippen molar-refractivity contribution in [3.8, 4) is 39.2 Å². The Kier molecular flexibility index (Phi) is 6.46. The Hall–Kier alpha value is -6.55. The van der Waals surface area contributed by atoms with E-state index in [9.17, 15) is 0 Å². The summed E-state index contributed by atoms with van der Waals surface area (Å²) < 4.78 is 4.99. The maximum absolute atomic E-state index is 5.20. The van der Waals surface area contributed by atoms with Crippen LogP contribution in [0.4, 0.5) is 0 Å². The molecule has 11 rings (SSSR count). The van der Waals surface area contributed by atoms with E-state index in [1.807, 2.05) is 11.3 Å². The summed E-state index contributed by atoms with van der Waals surface area (Å²) in [5.74, 6) is 0. The lowest BCUT2D eigenvalue weighted by molar-refractivity contribution is 1.18. The first kappa shape index (κ1) is 29.2. The number of fused-ring (bicyclic) bond motifs is 10. The molecule has 3 heterocycles. The van der Waals surface area contributed by atoms with Crippen molar-refractivity contribution in [2.24, 2.45) is 0 Å². The molecule has 0 bridgehead atoms. The summed E-state index contributed by atoms with van der Waals surface area (Å²) in [6, 6.07) is 65.9. The largest absolute Gasteiger partial charge is 0.309 e. The summed E-state index contributed by atoms with van der Waals surface area (Å²) in [5.41, 5.74) is 11.7. The minimum atomic E-state index is 1.02. The zero-order valence-corrected chi connectivity index (χ0v) is 28.9. The number of rotatable bonds is 4. The summed E-state index contributed by atoms with van der Waals surface area (Å²) >= 11 is 1.89. The topological polar surface area (TPSA) is 17.8 Å². The van der Waals surface area contributed by atoms with Crippen molar-refractivity contribution in [2.45, 2.75) is 0 Å². The summed E-state index contributed by atoms with van der Waals surface area (Å²) in [6.07, 6.45) is 0. The molecular weight excluding hydrogens is 649 g/mol. The van der Waals surface area contributed by atoms with E-state index in [-0.39, 0.29) is 0 Å². The van der Waals surface area contributed by atoms with Crippen LogP contribution in [0.2, 0.25) is 0 Å². The third kappa shape index (κ3) is 4.40. The monoisotopic (exact) mass is 678 g/mol. The second kappa shape index (κ2) is 11.5. The fourth-order valence-electron chi connectivity index (χ4n) is 8.25. The Morgan fingerprint density at radius 1 is 0.404 bits per heavy atom. The molecule has 0 aliphatic carbocycles. The van der Waals surface area contributed by atoms with Crippen LogP contribution in [0.3, 0.4) is 0 Å². The molecule has 0 saturated heterocycles. The molecule has 0 radical (unpaired) electrons. The number of para-hydroxylation sites is 3. The molecule has 0 atom stereocenters. The van der Waals surface area contributed by atoms with Crippen molar-refractivity contribution in [3.05, 3.63) is 182 Å². The first-order valence-corrected chi connectivity index (χ1v) is 18.5. The van der Waals surface area contributed by atoms with Gasteiger partial charge in [0.2, 0.25) is 0 Å². The van der Waals surface area contributed by atoms with Gasteiger partial charge in [-0.05, 0) is 64.7 Å². The van der Waals surface area contributed by atoms with Crippen LogP contribution in [0.1, 0.15) is 0 Å². The lowest BCUT2D eigenvalue weighted by atomic mass is 9.94. The van der Waals surface area contributed by atoms with Gasteiger partial charge in [0.05, 0.1) is 22.2 Å². The van der Waals surface area contributed by atoms with Gasteiger partial charge in [0.1, 0.15) is 0 Å². The predicted octanol–water partition coefficient (Wildman–Crippen LogP) is 13.9. The molecule has 0 fully saturated rings. The van der Waals surface area contributed by atoms with Crippen molar-refractivity contribution >= 4 is 75.0 Å². The number of nitrogens with zero attached hydrogens (tertiary/aromatic N) is 2. The van der Waals surface area contributed by atoms with Crippen molar-refractivity contribution < 1.29 is 0 Å².